The van der Waals surface area contributed by atoms with E-state index in [1.54, 1.807) is 11.1 Å². The summed E-state index contributed by atoms with van der Waals surface area (Å²) in [5, 5.41) is 4.45. The Balaban J connectivity index is 1.39. The maximum atomic E-state index is 13.0. The lowest BCUT2D eigenvalue weighted by Crippen LogP contribution is -2.34. The van der Waals surface area contributed by atoms with Gasteiger partial charge in [-0.05, 0) is 57.5 Å². The molecule has 0 N–H and O–H groups in total. The lowest BCUT2D eigenvalue weighted by molar-refractivity contribution is 0.0784. The van der Waals surface area contributed by atoms with E-state index in [0.29, 0.717) is 18.0 Å². The van der Waals surface area contributed by atoms with Crippen molar-refractivity contribution in [2.45, 2.75) is 45.7 Å². The first-order valence-corrected chi connectivity index (χ1v) is 11.2. The van der Waals surface area contributed by atoms with Gasteiger partial charge in [0.1, 0.15) is 0 Å². The molecule has 168 valence electrons. The Morgan fingerprint density at radius 2 is 2.03 bits per heavy atom. The summed E-state index contributed by atoms with van der Waals surface area (Å²) in [5.41, 5.74) is 5.94. The summed E-state index contributed by atoms with van der Waals surface area (Å²) >= 11 is 0. The number of nitrogens with zero attached hydrogens (tertiary/aromatic N) is 6. The van der Waals surface area contributed by atoms with E-state index in [0.717, 1.165) is 60.8 Å². The van der Waals surface area contributed by atoms with E-state index in [2.05, 4.69) is 26.0 Å². The van der Waals surface area contributed by atoms with Gasteiger partial charge in [-0.15, -0.1) is 0 Å². The van der Waals surface area contributed by atoms with Crippen molar-refractivity contribution in [1.82, 2.24) is 29.5 Å². The molecule has 4 heterocycles. The number of pyridine rings is 2. The molecule has 0 bridgehead atoms. The molecule has 7 nitrogen and oxygen atoms in total. The molecule has 1 fully saturated rings. The second-order valence-corrected chi connectivity index (χ2v) is 8.80. The van der Waals surface area contributed by atoms with Crippen molar-refractivity contribution in [3.63, 3.8) is 0 Å². The second kappa shape index (κ2) is 9.61. The van der Waals surface area contributed by atoms with Gasteiger partial charge in [-0.2, -0.15) is 5.10 Å². The first kappa shape index (κ1) is 22.1. The van der Waals surface area contributed by atoms with Crippen molar-refractivity contribution < 1.29 is 4.79 Å². The second-order valence-electron chi connectivity index (χ2n) is 8.80. The van der Waals surface area contributed by atoms with E-state index in [1.165, 1.54) is 0 Å². The van der Waals surface area contributed by atoms with Gasteiger partial charge in [-0.1, -0.05) is 6.07 Å². The standard InChI is InChI=1S/C25H32N6O/c1-18-23(19(2)30(4)28-18)17-29(3)25(32)20-10-11-24(27-14-20)21-8-7-13-31(15-21)16-22-9-5-6-12-26-22/h5-6,9-12,14,21H,7-8,13,15-17H2,1-4H3/t21-/m0/s1. The zero-order chi connectivity index (χ0) is 22.7. The van der Waals surface area contributed by atoms with Gasteiger partial charge in [0.15, 0.2) is 0 Å². The van der Waals surface area contributed by atoms with Gasteiger partial charge >= 0.3 is 0 Å². The summed E-state index contributed by atoms with van der Waals surface area (Å²) < 4.78 is 1.86. The number of likely N-dealkylation sites (tertiary alicyclic amines) is 1. The molecule has 7 heteroatoms. The zero-order valence-electron chi connectivity index (χ0n) is 19.5. The Morgan fingerprint density at radius 1 is 1.19 bits per heavy atom. The van der Waals surface area contributed by atoms with Gasteiger partial charge in [-0.3, -0.25) is 24.3 Å². The van der Waals surface area contributed by atoms with Crippen LogP contribution in [0.15, 0.2) is 42.7 Å². The molecule has 1 saturated heterocycles. The SMILES string of the molecule is Cc1nn(C)c(C)c1CN(C)C(=O)c1ccc([C@H]2CCCN(Cc3ccccn3)C2)nc1. The zero-order valence-corrected chi connectivity index (χ0v) is 19.5. The maximum Gasteiger partial charge on any atom is 0.255 e. The average molecular weight is 433 g/mol. The molecular weight excluding hydrogens is 400 g/mol. The topological polar surface area (TPSA) is 67.2 Å². The van der Waals surface area contributed by atoms with Crippen molar-refractivity contribution in [2.24, 2.45) is 7.05 Å². The predicted molar refractivity (Wildman–Crippen MR) is 124 cm³/mol. The molecular formula is C25H32N6O. The molecule has 0 radical (unpaired) electrons. The summed E-state index contributed by atoms with van der Waals surface area (Å²) in [6.07, 6.45) is 5.85. The molecule has 3 aromatic rings. The molecule has 1 aliphatic rings. The highest BCUT2D eigenvalue weighted by Crippen LogP contribution is 2.26. The number of aromatic nitrogens is 4. The van der Waals surface area contributed by atoms with Crippen LogP contribution in [0, 0.1) is 13.8 Å². The van der Waals surface area contributed by atoms with Crippen molar-refractivity contribution in [3.05, 3.63) is 76.6 Å². The van der Waals surface area contributed by atoms with Gasteiger partial charge in [0.2, 0.25) is 0 Å². The van der Waals surface area contributed by atoms with E-state index in [9.17, 15) is 4.79 Å². The number of carbonyl (C=O) groups is 1. The van der Waals surface area contributed by atoms with E-state index in [4.69, 9.17) is 0 Å². The fraction of sp³-hybridized carbons (Fsp3) is 0.440. The number of amides is 1. The number of aryl methyl sites for hydroxylation is 2. The highest BCUT2D eigenvalue weighted by molar-refractivity contribution is 5.93. The first-order chi connectivity index (χ1) is 15.4. The largest absolute Gasteiger partial charge is 0.337 e. The number of piperidine rings is 1. The van der Waals surface area contributed by atoms with Gasteiger partial charge in [0.05, 0.1) is 17.0 Å². The van der Waals surface area contributed by atoms with Crippen molar-refractivity contribution in [2.75, 3.05) is 20.1 Å². The summed E-state index contributed by atoms with van der Waals surface area (Å²) in [6.45, 7) is 7.48. The third-order valence-electron chi connectivity index (χ3n) is 6.47. The van der Waals surface area contributed by atoms with Crippen LogP contribution in [0.4, 0.5) is 0 Å². The number of carbonyl (C=O) groups excluding carboxylic acids is 1. The van der Waals surface area contributed by atoms with Crippen LogP contribution in [-0.4, -0.2) is 55.6 Å². The summed E-state index contributed by atoms with van der Waals surface area (Å²) in [6, 6.07) is 10.0. The maximum absolute atomic E-state index is 13.0. The fourth-order valence-electron chi connectivity index (χ4n) is 4.51. The first-order valence-electron chi connectivity index (χ1n) is 11.2. The molecule has 1 aliphatic heterocycles. The van der Waals surface area contributed by atoms with Crippen molar-refractivity contribution in [3.8, 4) is 0 Å². The molecule has 0 aliphatic carbocycles. The van der Waals surface area contributed by atoms with Gasteiger partial charge < -0.3 is 4.90 Å². The smallest absolute Gasteiger partial charge is 0.255 e. The normalized spacial score (nSPS) is 16.8. The van der Waals surface area contributed by atoms with Crippen LogP contribution in [0.3, 0.4) is 0 Å². The van der Waals surface area contributed by atoms with Crippen LogP contribution in [0.25, 0.3) is 0 Å². The quantitative estimate of drug-likeness (QED) is 0.597. The molecule has 0 spiro atoms. The van der Waals surface area contributed by atoms with E-state index in [1.807, 2.05) is 63.1 Å². The van der Waals surface area contributed by atoms with Crippen LogP contribution in [0.2, 0.25) is 0 Å². The van der Waals surface area contributed by atoms with Crippen molar-refractivity contribution >= 4 is 5.91 Å². The number of rotatable bonds is 6. The Bertz CT molecular complexity index is 1060. The van der Waals surface area contributed by atoms with E-state index < -0.39 is 0 Å². The minimum Gasteiger partial charge on any atom is -0.337 e. The molecule has 3 aromatic heterocycles. The Hall–Kier alpha value is -3.06. The van der Waals surface area contributed by atoms with Crippen LogP contribution in [0.5, 0.6) is 0 Å². The fourth-order valence-corrected chi connectivity index (χ4v) is 4.51. The van der Waals surface area contributed by atoms with Crippen LogP contribution < -0.4 is 0 Å². The summed E-state index contributed by atoms with van der Waals surface area (Å²) in [7, 11) is 3.76. The molecule has 4 rings (SSSR count). The van der Waals surface area contributed by atoms with Crippen LogP contribution in [-0.2, 0) is 20.1 Å². The molecule has 0 saturated carbocycles. The minimum absolute atomic E-state index is 0.0212. The third-order valence-corrected chi connectivity index (χ3v) is 6.47. The average Bonchev–Trinajstić information content (AvgIpc) is 3.05. The van der Waals surface area contributed by atoms with Crippen LogP contribution >= 0.6 is 0 Å². The molecule has 32 heavy (non-hydrogen) atoms. The molecule has 0 aromatic carbocycles. The summed E-state index contributed by atoms with van der Waals surface area (Å²) in [4.78, 5) is 26.3. The number of hydrogen-bond donors (Lipinski definition) is 0. The lowest BCUT2D eigenvalue weighted by atomic mass is 9.94. The highest BCUT2D eigenvalue weighted by Gasteiger charge is 2.23. The van der Waals surface area contributed by atoms with E-state index in [-0.39, 0.29) is 5.91 Å². The van der Waals surface area contributed by atoms with Gasteiger partial charge in [0, 0.05) is 69.0 Å². The van der Waals surface area contributed by atoms with Gasteiger partial charge in [0.25, 0.3) is 5.91 Å². The Kier molecular flexibility index (Phi) is 6.65. The Morgan fingerprint density at radius 3 is 2.69 bits per heavy atom. The molecule has 0 unspecified atom stereocenters. The highest BCUT2D eigenvalue weighted by atomic mass is 16.2. The summed E-state index contributed by atoms with van der Waals surface area (Å²) in [5.74, 6) is 0.363. The predicted octanol–water partition coefficient (Wildman–Crippen LogP) is 3.48. The van der Waals surface area contributed by atoms with E-state index >= 15 is 0 Å². The van der Waals surface area contributed by atoms with Gasteiger partial charge in [-0.25, -0.2) is 0 Å². The van der Waals surface area contributed by atoms with Crippen LogP contribution in [0.1, 0.15) is 57.5 Å². The third kappa shape index (κ3) is 4.88. The minimum atomic E-state index is -0.0212. The lowest BCUT2D eigenvalue weighted by Gasteiger charge is -2.32. The van der Waals surface area contributed by atoms with Crippen molar-refractivity contribution in [1.29, 1.82) is 0 Å². The molecule has 1 amide bonds. The Labute approximate surface area is 190 Å². The number of hydrogen-bond acceptors (Lipinski definition) is 5. The monoisotopic (exact) mass is 432 g/mol. The molecule has 1 atom stereocenters.